The Labute approximate surface area is 113 Å². The van der Waals surface area contributed by atoms with E-state index in [1.807, 2.05) is 0 Å². The summed E-state index contributed by atoms with van der Waals surface area (Å²) < 4.78 is 5.09. The fraction of sp³-hybridized carbons (Fsp3) is 0.538. The van der Waals surface area contributed by atoms with Gasteiger partial charge < -0.3 is 15.5 Å². The molecule has 1 heterocycles. The number of furan rings is 1. The topological polar surface area (TPSA) is 92.6 Å². The van der Waals surface area contributed by atoms with Crippen LogP contribution in [-0.4, -0.2) is 18.5 Å². The third kappa shape index (κ3) is 7.13. The second-order valence-electron chi connectivity index (χ2n) is 4.21. The monoisotopic (exact) mass is 266 g/mol. The number of carbonyl (C=O) groups excluding carboxylic acids is 1. The molecule has 0 bridgehead atoms. The van der Waals surface area contributed by atoms with Crippen molar-refractivity contribution in [2.24, 2.45) is 10.7 Å². The van der Waals surface area contributed by atoms with Gasteiger partial charge in [-0.2, -0.15) is 0 Å². The average Bonchev–Trinajstić information content (AvgIpc) is 2.89. The van der Waals surface area contributed by atoms with E-state index in [0.29, 0.717) is 18.8 Å². The predicted octanol–water partition coefficient (Wildman–Crippen LogP) is 1.97. The van der Waals surface area contributed by atoms with Crippen molar-refractivity contribution in [2.45, 2.75) is 39.2 Å². The molecular weight excluding hydrogens is 244 g/mol. The highest BCUT2D eigenvalue weighted by Crippen LogP contribution is 1.99. The molecule has 0 aliphatic heterocycles. The molecule has 0 aliphatic carbocycles. The molecule has 0 radical (unpaired) electrons. The van der Waals surface area contributed by atoms with Gasteiger partial charge in [0.05, 0.1) is 12.8 Å². The number of hydrogen-bond acceptors (Lipinski definition) is 3. The molecule has 1 aromatic heterocycles. The van der Waals surface area contributed by atoms with Gasteiger partial charge in [-0.25, -0.2) is 4.79 Å². The van der Waals surface area contributed by atoms with Gasteiger partial charge in [0.15, 0.2) is 5.96 Å². The standard InChI is InChI=1S/C13H22N4O2/c1-2-3-4-5-8-15-12(14)17-13(18)16-10-11-7-6-9-19-11/h6-7,9H,2-5,8,10H2,1H3,(H4,14,15,16,17,18). The minimum absolute atomic E-state index is 0.147. The molecule has 19 heavy (non-hydrogen) atoms. The molecule has 0 saturated heterocycles. The van der Waals surface area contributed by atoms with E-state index >= 15 is 0 Å². The van der Waals surface area contributed by atoms with Crippen molar-refractivity contribution in [3.05, 3.63) is 24.2 Å². The smallest absolute Gasteiger partial charge is 0.321 e. The SMILES string of the molecule is CCCCCCN=C(N)NC(=O)NCc1ccco1. The van der Waals surface area contributed by atoms with Gasteiger partial charge in [0, 0.05) is 6.54 Å². The van der Waals surface area contributed by atoms with Gasteiger partial charge in [-0.15, -0.1) is 0 Å². The first-order chi connectivity index (χ1) is 9.22. The average molecular weight is 266 g/mol. The number of guanidine groups is 1. The maximum atomic E-state index is 11.5. The van der Waals surface area contributed by atoms with Gasteiger partial charge in [0.25, 0.3) is 0 Å². The Bertz CT molecular complexity index is 387. The normalized spacial score (nSPS) is 11.3. The molecule has 0 unspecified atom stereocenters. The molecule has 0 spiro atoms. The van der Waals surface area contributed by atoms with Crippen molar-refractivity contribution in [1.82, 2.24) is 10.6 Å². The molecule has 0 atom stereocenters. The largest absolute Gasteiger partial charge is 0.467 e. The molecule has 1 rings (SSSR count). The van der Waals surface area contributed by atoms with E-state index in [1.165, 1.54) is 12.8 Å². The van der Waals surface area contributed by atoms with Crippen LogP contribution in [0.15, 0.2) is 27.8 Å². The summed E-state index contributed by atoms with van der Waals surface area (Å²) in [6.45, 7) is 3.12. The van der Waals surface area contributed by atoms with Crippen LogP contribution in [0.25, 0.3) is 0 Å². The molecule has 1 aromatic rings. The Balaban J connectivity index is 2.14. The Morgan fingerprint density at radius 3 is 2.95 bits per heavy atom. The molecule has 6 nitrogen and oxygen atoms in total. The summed E-state index contributed by atoms with van der Waals surface area (Å²) in [4.78, 5) is 15.5. The van der Waals surface area contributed by atoms with Crippen molar-refractivity contribution in [1.29, 1.82) is 0 Å². The van der Waals surface area contributed by atoms with Gasteiger partial charge in [0.2, 0.25) is 0 Å². The van der Waals surface area contributed by atoms with E-state index in [4.69, 9.17) is 10.2 Å². The number of aliphatic imine (C=N–C) groups is 1. The Morgan fingerprint density at radius 1 is 1.42 bits per heavy atom. The molecular formula is C13H22N4O2. The minimum Gasteiger partial charge on any atom is -0.467 e. The first-order valence-corrected chi connectivity index (χ1v) is 6.59. The Hall–Kier alpha value is -1.98. The van der Waals surface area contributed by atoms with Gasteiger partial charge >= 0.3 is 6.03 Å². The quantitative estimate of drug-likeness (QED) is 0.400. The maximum Gasteiger partial charge on any atom is 0.321 e. The lowest BCUT2D eigenvalue weighted by Crippen LogP contribution is -2.43. The summed E-state index contributed by atoms with van der Waals surface area (Å²) >= 11 is 0. The number of nitrogens with one attached hydrogen (secondary N) is 2. The molecule has 0 fully saturated rings. The van der Waals surface area contributed by atoms with E-state index in [2.05, 4.69) is 22.5 Å². The van der Waals surface area contributed by atoms with Crippen molar-refractivity contribution in [3.8, 4) is 0 Å². The Morgan fingerprint density at radius 2 is 2.26 bits per heavy atom. The fourth-order valence-corrected chi connectivity index (χ4v) is 1.52. The van der Waals surface area contributed by atoms with Gasteiger partial charge in [-0.3, -0.25) is 10.3 Å². The van der Waals surface area contributed by atoms with Crippen LogP contribution < -0.4 is 16.4 Å². The minimum atomic E-state index is -0.383. The highest BCUT2D eigenvalue weighted by atomic mass is 16.3. The van der Waals surface area contributed by atoms with Crippen LogP contribution in [0.5, 0.6) is 0 Å². The summed E-state index contributed by atoms with van der Waals surface area (Å²) in [6.07, 6.45) is 6.07. The zero-order valence-electron chi connectivity index (χ0n) is 11.3. The van der Waals surface area contributed by atoms with Crippen LogP contribution in [0, 0.1) is 0 Å². The molecule has 6 heteroatoms. The Kier molecular flexibility index (Phi) is 7.16. The van der Waals surface area contributed by atoms with E-state index in [9.17, 15) is 4.79 Å². The number of nitrogens with zero attached hydrogens (tertiary/aromatic N) is 1. The molecule has 0 saturated carbocycles. The van der Waals surface area contributed by atoms with Crippen molar-refractivity contribution >= 4 is 12.0 Å². The van der Waals surface area contributed by atoms with Crippen LogP contribution in [0.4, 0.5) is 4.79 Å². The first-order valence-electron chi connectivity index (χ1n) is 6.59. The van der Waals surface area contributed by atoms with E-state index in [1.54, 1.807) is 18.4 Å². The number of amides is 2. The lowest BCUT2D eigenvalue weighted by molar-refractivity contribution is 0.244. The van der Waals surface area contributed by atoms with E-state index < -0.39 is 0 Å². The number of rotatable bonds is 7. The summed E-state index contributed by atoms with van der Waals surface area (Å²) in [5.74, 6) is 0.832. The van der Waals surface area contributed by atoms with Crippen molar-refractivity contribution in [2.75, 3.05) is 6.54 Å². The molecule has 0 aromatic carbocycles. The summed E-state index contributed by atoms with van der Waals surface area (Å²) in [7, 11) is 0. The predicted molar refractivity (Wildman–Crippen MR) is 74.7 cm³/mol. The van der Waals surface area contributed by atoms with Gasteiger partial charge in [-0.1, -0.05) is 26.2 Å². The molecule has 4 N–H and O–H groups in total. The van der Waals surface area contributed by atoms with Crippen molar-refractivity contribution in [3.63, 3.8) is 0 Å². The third-order valence-corrected chi connectivity index (χ3v) is 2.54. The zero-order chi connectivity index (χ0) is 13.9. The van der Waals surface area contributed by atoms with E-state index in [0.717, 1.165) is 12.8 Å². The van der Waals surface area contributed by atoms with Crippen LogP contribution >= 0.6 is 0 Å². The molecule has 2 amide bonds. The third-order valence-electron chi connectivity index (χ3n) is 2.54. The lowest BCUT2D eigenvalue weighted by Gasteiger charge is -2.05. The number of urea groups is 1. The number of nitrogens with two attached hydrogens (primary N) is 1. The summed E-state index contributed by atoms with van der Waals surface area (Å²) in [6, 6.07) is 3.16. The maximum absolute atomic E-state index is 11.5. The van der Waals surface area contributed by atoms with Gasteiger partial charge in [0.1, 0.15) is 5.76 Å². The number of hydrogen-bond donors (Lipinski definition) is 3. The number of carbonyl (C=O) groups is 1. The van der Waals surface area contributed by atoms with Crippen LogP contribution in [0.3, 0.4) is 0 Å². The fourth-order valence-electron chi connectivity index (χ4n) is 1.52. The van der Waals surface area contributed by atoms with Crippen LogP contribution in [0.2, 0.25) is 0 Å². The summed E-state index contributed by atoms with van der Waals surface area (Å²) in [5, 5.41) is 5.09. The highest BCUT2D eigenvalue weighted by Gasteiger charge is 2.03. The zero-order valence-corrected chi connectivity index (χ0v) is 11.3. The molecule has 106 valence electrons. The molecule has 0 aliphatic rings. The van der Waals surface area contributed by atoms with Crippen LogP contribution in [0.1, 0.15) is 38.4 Å². The van der Waals surface area contributed by atoms with E-state index in [-0.39, 0.29) is 12.0 Å². The second kappa shape index (κ2) is 9.02. The van der Waals surface area contributed by atoms with Crippen molar-refractivity contribution < 1.29 is 9.21 Å². The van der Waals surface area contributed by atoms with Crippen LogP contribution in [-0.2, 0) is 6.54 Å². The highest BCUT2D eigenvalue weighted by molar-refractivity contribution is 5.95. The van der Waals surface area contributed by atoms with Gasteiger partial charge in [-0.05, 0) is 18.6 Å². The number of unbranched alkanes of at least 4 members (excludes halogenated alkanes) is 3. The second-order valence-corrected chi connectivity index (χ2v) is 4.21. The lowest BCUT2D eigenvalue weighted by atomic mass is 10.2. The summed E-state index contributed by atoms with van der Waals surface area (Å²) in [5.41, 5.74) is 5.59. The first kappa shape index (κ1) is 15.1.